The quantitative estimate of drug-likeness (QED) is 0.360. The third kappa shape index (κ3) is 6.15. The Morgan fingerprint density at radius 2 is 2.16 bits per heavy atom. The van der Waals surface area contributed by atoms with Crippen LogP contribution in [0.5, 0.6) is 11.5 Å². The number of nitrogens with zero attached hydrogens (tertiary/aromatic N) is 2. The first-order chi connectivity index (χ1) is 8.71. The highest BCUT2D eigenvalue weighted by molar-refractivity contribution is 14.0. The van der Waals surface area contributed by atoms with Crippen molar-refractivity contribution < 1.29 is 9.47 Å². The molecule has 7 heteroatoms. The van der Waals surface area contributed by atoms with Gasteiger partial charge in [0.15, 0.2) is 16.7 Å². The van der Waals surface area contributed by atoms with Gasteiger partial charge in [-0.05, 0) is 36.9 Å². The molecule has 0 bridgehead atoms. The molecule has 0 atom stereocenters. The van der Waals surface area contributed by atoms with Crippen LogP contribution in [0.1, 0.15) is 12.5 Å². The maximum Gasteiger partial charge on any atom is 0.180 e. The topological polar surface area (TPSA) is 69.2 Å². The number of thioether (sulfide) groups is 1. The molecule has 1 aromatic rings. The summed E-state index contributed by atoms with van der Waals surface area (Å²) in [4.78, 5) is 0. The largest absolute Gasteiger partial charge is 0.493 e. The summed E-state index contributed by atoms with van der Waals surface area (Å²) in [5, 5.41) is 8.11. The molecule has 0 aromatic heterocycles. The second kappa shape index (κ2) is 9.90. The molecule has 0 amide bonds. The van der Waals surface area contributed by atoms with Gasteiger partial charge in [-0.25, -0.2) is 0 Å². The molecule has 1 aromatic carbocycles. The van der Waals surface area contributed by atoms with E-state index in [1.54, 1.807) is 13.3 Å². The minimum Gasteiger partial charge on any atom is -0.493 e. The molecule has 1 rings (SSSR count). The van der Waals surface area contributed by atoms with Crippen LogP contribution in [0, 0.1) is 0 Å². The Morgan fingerprint density at radius 1 is 1.42 bits per heavy atom. The fourth-order valence-corrected chi connectivity index (χ4v) is 1.36. The van der Waals surface area contributed by atoms with Gasteiger partial charge in [0, 0.05) is 0 Å². The van der Waals surface area contributed by atoms with E-state index in [-0.39, 0.29) is 24.0 Å². The monoisotopic (exact) mass is 395 g/mol. The predicted octanol–water partition coefficient (Wildman–Crippen LogP) is 2.72. The number of halogens is 1. The molecule has 19 heavy (non-hydrogen) atoms. The van der Waals surface area contributed by atoms with Crippen LogP contribution in [0.3, 0.4) is 0 Å². The van der Waals surface area contributed by atoms with Gasteiger partial charge in [-0.15, -0.1) is 29.1 Å². The van der Waals surface area contributed by atoms with Crippen molar-refractivity contribution in [3.63, 3.8) is 0 Å². The summed E-state index contributed by atoms with van der Waals surface area (Å²) in [5.41, 5.74) is 6.38. The molecule has 0 aliphatic rings. The molecule has 0 saturated heterocycles. The Hall–Kier alpha value is -0.960. The van der Waals surface area contributed by atoms with Gasteiger partial charge in [0.1, 0.15) is 0 Å². The van der Waals surface area contributed by atoms with Crippen LogP contribution < -0.4 is 15.2 Å². The van der Waals surface area contributed by atoms with Crippen molar-refractivity contribution >= 4 is 47.1 Å². The average Bonchev–Trinajstić information content (AvgIpc) is 2.40. The number of rotatable bonds is 5. The van der Waals surface area contributed by atoms with E-state index in [1.165, 1.54) is 11.8 Å². The zero-order valence-corrected chi connectivity index (χ0v) is 14.3. The average molecular weight is 395 g/mol. The Labute approximate surface area is 134 Å². The van der Waals surface area contributed by atoms with Crippen molar-refractivity contribution in [3.05, 3.63) is 23.8 Å². The van der Waals surface area contributed by atoms with E-state index in [1.807, 2.05) is 31.4 Å². The lowest BCUT2D eigenvalue weighted by Crippen LogP contribution is -2.03. The highest BCUT2D eigenvalue weighted by Gasteiger charge is 2.03. The predicted molar refractivity (Wildman–Crippen MR) is 92.3 cm³/mol. The van der Waals surface area contributed by atoms with Crippen LogP contribution in [0.15, 0.2) is 28.4 Å². The second-order valence-electron chi connectivity index (χ2n) is 3.23. The number of hydrogen-bond donors (Lipinski definition) is 1. The van der Waals surface area contributed by atoms with Crippen LogP contribution in [0.2, 0.25) is 0 Å². The zero-order valence-electron chi connectivity index (χ0n) is 11.1. The molecular formula is C12H18IN3O2S. The summed E-state index contributed by atoms with van der Waals surface area (Å²) in [5.74, 6) is 1.38. The van der Waals surface area contributed by atoms with Crippen molar-refractivity contribution in [2.24, 2.45) is 15.9 Å². The minimum atomic E-state index is 0. The lowest BCUT2D eigenvalue weighted by atomic mass is 10.2. The standard InChI is InChI=1S/C12H17N3O2S.HI/c1-4-17-10-6-5-9(7-11(10)16-2)8-14-15-12(13)18-3;/h5-8H,4H2,1-3H3,(H2,13,15);1H/b14-8+;. The lowest BCUT2D eigenvalue weighted by molar-refractivity contribution is 0.311. The second-order valence-corrected chi connectivity index (χ2v) is 4.06. The molecule has 0 unspecified atom stereocenters. The SMILES string of the molecule is CCOc1ccc(/C=N/N=C(\N)SC)cc1OC.I. The Morgan fingerprint density at radius 3 is 2.74 bits per heavy atom. The van der Waals surface area contributed by atoms with Crippen LogP contribution in [0.4, 0.5) is 0 Å². The molecular weight excluding hydrogens is 377 g/mol. The summed E-state index contributed by atoms with van der Waals surface area (Å²) in [6.07, 6.45) is 3.45. The van der Waals surface area contributed by atoms with E-state index in [2.05, 4.69) is 10.2 Å². The zero-order chi connectivity index (χ0) is 13.4. The maximum absolute atomic E-state index is 5.51. The highest BCUT2D eigenvalue weighted by Crippen LogP contribution is 2.27. The maximum atomic E-state index is 5.51. The number of hydrogen-bond acceptors (Lipinski definition) is 5. The summed E-state index contributed by atoms with van der Waals surface area (Å²) in [6.45, 7) is 2.52. The van der Waals surface area contributed by atoms with Gasteiger partial charge >= 0.3 is 0 Å². The first-order valence-corrected chi connectivity index (χ1v) is 6.65. The van der Waals surface area contributed by atoms with Crippen LogP contribution in [-0.4, -0.2) is 31.4 Å². The molecule has 0 heterocycles. The highest BCUT2D eigenvalue weighted by atomic mass is 127. The van der Waals surface area contributed by atoms with E-state index < -0.39 is 0 Å². The van der Waals surface area contributed by atoms with Gasteiger partial charge in [0.05, 0.1) is 19.9 Å². The van der Waals surface area contributed by atoms with Crippen LogP contribution >= 0.6 is 35.7 Å². The molecule has 0 aliphatic heterocycles. The number of ether oxygens (including phenoxy) is 2. The summed E-state index contributed by atoms with van der Waals surface area (Å²) >= 11 is 1.35. The van der Waals surface area contributed by atoms with Crippen molar-refractivity contribution in [1.82, 2.24) is 0 Å². The Bertz CT molecular complexity index is 453. The van der Waals surface area contributed by atoms with Gasteiger partial charge in [0.25, 0.3) is 0 Å². The van der Waals surface area contributed by atoms with Crippen molar-refractivity contribution in [2.45, 2.75) is 6.92 Å². The minimum absolute atomic E-state index is 0. The van der Waals surface area contributed by atoms with Gasteiger partial charge in [0.2, 0.25) is 0 Å². The molecule has 2 N–H and O–H groups in total. The number of nitrogens with two attached hydrogens (primary N) is 1. The molecule has 5 nitrogen and oxygen atoms in total. The van der Waals surface area contributed by atoms with Crippen LogP contribution in [-0.2, 0) is 0 Å². The lowest BCUT2D eigenvalue weighted by Gasteiger charge is -2.09. The summed E-state index contributed by atoms with van der Waals surface area (Å²) in [6, 6.07) is 5.55. The van der Waals surface area contributed by atoms with E-state index in [9.17, 15) is 0 Å². The van der Waals surface area contributed by atoms with Crippen LogP contribution in [0.25, 0.3) is 0 Å². The first kappa shape index (κ1) is 18.0. The summed E-state index contributed by atoms with van der Waals surface area (Å²) < 4.78 is 10.7. The summed E-state index contributed by atoms with van der Waals surface area (Å²) in [7, 11) is 1.60. The number of amidine groups is 1. The molecule has 0 saturated carbocycles. The molecule has 106 valence electrons. The normalized spacial score (nSPS) is 11.2. The fourth-order valence-electron chi connectivity index (χ4n) is 1.23. The first-order valence-electron chi connectivity index (χ1n) is 5.42. The van der Waals surface area contributed by atoms with Gasteiger partial charge in [-0.3, -0.25) is 0 Å². The van der Waals surface area contributed by atoms with E-state index in [0.29, 0.717) is 23.3 Å². The van der Waals surface area contributed by atoms with E-state index in [0.717, 1.165) is 5.56 Å². The van der Waals surface area contributed by atoms with Crippen molar-refractivity contribution in [1.29, 1.82) is 0 Å². The molecule has 0 fully saturated rings. The van der Waals surface area contributed by atoms with Crippen molar-refractivity contribution in [2.75, 3.05) is 20.0 Å². The number of methoxy groups -OCH3 is 1. The third-order valence-corrected chi connectivity index (χ3v) is 2.56. The smallest absolute Gasteiger partial charge is 0.180 e. The van der Waals surface area contributed by atoms with Gasteiger partial charge < -0.3 is 15.2 Å². The number of benzene rings is 1. The van der Waals surface area contributed by atoms with Gasteiger partial charge in [-0.2, -0.15) is 5.10 Å². The Kier molecular flexibility index (Phi) is 9.40. The fraction of sp³-hybridized carbons (Fsp3) is 0.333. The molecule has 0 spiro atoms. The van der Waals surface area contributed by atoms with Gasteiger partial charge in [-0.1, -0.05) is 11.8 Å². The third-order valence-electron chi connectivity index (χ3n) is 2.06. The van der Waals surface area contributed by atoms with Crippen molar-refractivity contribution in [3.8, 4) is 11.5 Å². The molecule has 0 radical (unpaired) electrons. The van der Waals surface area contributed by atoms with E-state index >= 15 is 0 Å². The molecule has 0 aliphatic carbocycles. The Balaban J connectivity index is 0.00000324. The van der Waals surface area contributed by atoms with E-state index in [4.69, 9.17) is 15.2 Å².